The van der Waals surface area contributed by atoms with Crippen molar-refractivity contribution >= 4 is 41.0 Å². The molecule has 2 aliphatic heterocycles. The molecule has 0 bridgehead atoms. The summed E-state index contributed by atoms with van der Waals surface area (Å²) in [7, 11) is 0. The van der Waals surface area contributed by atoms with E-state index in [0.717, 1.165) is 22.1 Å². The molecule has 1 aliphatic carbocycles. The highest BCUT2D eigenvalue weighted by molar-refractivity contribution is 6.31. The fraction of sp³-hybridized carbons (Fsp3) is 0.379. The summed E-state index contributed by atoms with van der Waals surface area (Å²) in [5.41, 5.74) is 0.0413. The van der Waals surface area contributed by atoms with Crippen molar-refractivity contribution in [1.29, 1.82) is 5.26 Å². The zero-order chi connectivity index (χ0) is 30.7. The van der Waals surface area contributed by atoms with E-state index in [9.17, 15) is 32.8 Å². The van der Waals surface area contributed by atoms with Gasteiger partial charge in [0.2, 0.25) is 11.8 Å². The minimum atomic E-state index is -2.83. The first-order valence-electron chi connectivity index (χ1n) is 13.5. The molecule has 1 N–H and O–H groups in total. The van der Waals surface area contributed by atoms with Crippen molar-refractivity contribution in [3.8, 4) is 6.07 Å². The average molecular weight is 615 g/mol. The van der Waals surface area contributed by atoms with Crippen LogP contribution in [0.5, 0.6) is 0 Å². The Morgan fingerprint density at radius 3 is 2.67 bits per heavy atom. The molecule has 43 heavy (non-hydrogen) atoms. The van der Waals surface area contributed by atoms with Gasteiger partial charge < -0.3 is 10.1 Å². The average Bonchev–Trinajstić information content (AvgIpc) is 3.38. The molecule has 2 fully saturated rings. The minimum absolute atomic E-state index is 0.00952. The molecule has 14 heteroatoms. The third-order valence-electron chi connectivity index (χ3n) is 7.52. The monoisotopic (exact) mass is 614 g/mol. The van der Waals surface area contributed by atoms with Crippen LogP contribution in [-0.2, 0) is 14.3 Å². The van der Waals surface area contributed by atoms with Crippen molar-refractivity contribution in [1.82, 2.24) is 15.2 Å². The number of nitrogens with zero attached hydrogens (tertiary/aromatic N) is 5. The number of carbonyl (C=O) groups excluding carboxylic acids is 3. The number of hydrogen-bond acceptors (Lipinski definition) is 7. The number of amides is 3. The Kier molecular flexibility index (Phi) is 8.68. The zero-order valence-electron chi connectivity index (χ0n) is 22.6. The fourth-order valence-electron chi connectivity index (χ4n) is 5.34. The summed E-state index contributed by atoms with van der Waals surface area (Å²) in [6.45, 7) is -0.425. The largest absolute Gasteiger partial charge is 0.446 e. The first-order valence-corrected chi connectivity index (χ1v) is 13.9. The van der Waals surface area contributed by atoms with Crippen LogP contribution in [0.1, 0.15) is 43.7 Å². The Labute approximate surface area is 249 Å². The van der Waals surface area contributed by atoms with Crippen LogP contribution in [0.25, 0.3) is 0 Å². The molecule has 3 aliphatic rings. The smallest absolute Gasteiger partial charge is 0.416 e. The van der Waals surface area contributed by atoms with Crippen molar-refractivity contribution in [3.63, 3.8) is 0 Å². The molecule has 10 nitrogen and oxygen atoms in total. The molecule has 2 aromatic rings. The van der Waals surface area contributed by atoms with E-state index in [4.69, 9.17) is 16.3 Å². The summed E-state index contributed by atoms with van der Waals surface area (Å²) in [5.74, 6) is -5.74. The Bertz CT molecular complexity index is 1520. The predicted octanol–water partition coefficient (Wildman–Crippen LogP) is 4.92. The second-order valence-electron chi connectivity index (χ2n) is 10.4. The summed E-state index contributed by atoms with van der Waals surface area (Å²) in [5, 5.41) is 12.3. The number of carbonyl (C=O) groups is 3. The van der Waals surface area contributed by atoms with Crippen molar-refractivity contribution < 1.29 is 32.3 Å². The Balaban J connectivity index is 1.57. The van der Waals surface area contributed by atoms with Crippen LogP contribution >= 0.6 is 11.6 Å². The fourth-order valence-corrected chi connectivity index (χ4v) is 5.58. The first kappa shape index (κ1) is 30.0. The van der Waals surface area contributed by atoms with Crippen LogP contribution in [0.4, 0.5) is 23.7 Å². The second kappa shape index (κ2) is 12.4. The number of benzene rings is 1. The Morgan fingerprint density at radius 1 is 1.23 bits per heavy atom. The molecule has 1 saturated carbocycles. The quantitative estimate of drug-likeness (QED) is 0.492. The first-order chi connectivity index (χ1) is 20.6. The van der Waals surface area contributed by atoms with Gasteiger partial charge in [0, 0.05) is 48.2 Å². The van der Waals surface area contributed by atoms with E-state index in [1.165, 1.54) is 24.5 Å². The van der Waals surface area contributed by atoms with E-state index < -0.39 is 73.1 Å². The van der Waals surface area contributed by atoms with Crippen LogP contribution in [0.15, 0.2) is 60.0 Å². The normalized spacial score (nSPS) is 22.3. The van der Waals surface area contributed by atoms with E-state index in [0.29, 0.717) is 0 Å². The molecular weight excluding hydrogens is 589 g/mol. The number of cyclic esters (lactones) is 1. The van der Waals surface area contributed by atoms with Crippen molar-refractivity contribution in [2.45, 2.75) is 56.2 Å². The molecule has 3 amide bonds. The van der Waals surface area contributed by atoms with Gasteiger partial charge in [-0.15, -0.1) is 0 Å². The lowest BCUT2D eigenvalue weighted by molar-refractivity contribution is -0.129. The van der Waals surface area contributed by atoms with Crippen LogP contribution in [0.3, 0.4) is 0 Å². The summed E-state index contributed by atoms with van der Waals surface area (Å²) in [6.07, 6.45) is 3.31. The number of aliphatic imine (C=N–C) groups is 1. The van der Waals surface area contributed by atoms with Gasteiger partial charge in [-0.25, -0.2) is 27.9 Å². The Morgan fingerprint density at radius 2 is 1.98 bits per heavy atom. The number of aromatic nitrogens is 1. The predicted molar refractivity (Wildman–Crippen MR) is 148 cm³/mol. The van der Waals surface area contributed by atoms with Gasteiger partial charge in [0.25, 0.3) is 5.91 Å². The Hall–Kier alpha value is -4.44. The van der Waals surface area contributed by atoms with Crippen LogP contribution in [-0.4, -0.2) is 58.2 Å². The third kappa shape index (κ3) is 6.49. The number of anilines is 1. The van der Waals surface area contributed by atoms with E-state index in [2.05, 4.69) is 21.4 Å². The van der Waals surface area contributed by atoms with E-state index >= 15 is 0 Å². The van der Waals surface area contributed by atoms with Gasteiger partial charge in [0.05, 0.1) is 30.1 Å². The summed E-state index contributed by atoms with van der Waals surface area (Å²) in [4.78, 5) is 51.4. The van der Waals surface area contributed by atoms with Gasteiger partial charge >= 0.3 is 6.09 Å². The highest BCUT2D eigenvalue weighted by atomic mass is 35.5. The molecule has 5 rings (SSSR count). The number of nitrogens with one attached hydrogen (secondary N) is 1. The highest BCUT2D eigenvalue weighted by Gasteiger charge is 2.47. The lowest BCUT2D eigenvalue weighted by Crippen LogP contribution is -2.55. The van der Waals surface area contributed by atoms with Gasteiger partial charge in [-0.2, -0.15) is 5.26 Å². The number of amidine groups is 1. The number of alkyl halides is 2. The van der Waals surface area contributed by atoms with Gasteiger partial charge in [0.15, 0.2) is 6.04 Å². The van der Waals surface area contributed by atoms with E-state index in [-0.39, 0.29) is 41.4 Å². The number of pyridine rings is 1. The number of ether oxygens (including phenoxy) is 1. The maximum absolute atomic E-state index is 14.5. The van der Waals surface area contributed by atoms with Crippen LogP contribution in [0.2, 0.25) is 5.02 Å². The molecule has 3 heterocycles. The van der Waals surface area contributed by atoms with Gasteiger partial charge in [-0.05, 0) is 25.0 Å². The molecule has 1 aromatic heterocycles. The number of nitriles is 1. The number of halogens is 4. The zero-order valence-corrected chi connectivity index (χ0v) is 23.4. The van der Waals surface area contributed by atoms with E-state index in [1.807, 2.05) is 0 Å². The van der Waals surface area contributed by atoms with E-state index in [1.54, 1.807) is 18.2 Å². The molecule has 1 unspecified atom stereocenters. The van der Waals surface area contributed by atoms with Crippen molar-refractivity contribution in [3.05, 3.63) is 71.4 Å². The summed E-state index contributed by atoms with van der Waals surface area (Å²) < 4.78 is 47.4. The second-order valence-corrected chi connectivity index (χ2v) is 10.8. The molecule has 1 saturated heterocycles. The topological polar surface area (TPSA) is 128 Å². The highest BCUT2D eigenvalue weighted by Crippen LogP contribution is 2.36. The summed E-state index contributed by atoms with van der Waals surface area (Å²) >= 11 is 6.52. The third-order valence-corrected chi connectivity index (χ3v) is 7.87. The molecule has 0 spiro atoms. The van der Waals surface area contributed by atoms with Crippen molar-refractivity contribution in [2.24, 2.45) is 10.9 Å². The maximum Gasteiger partial charge on any atom is 0.416 e. The number of allylic oxidation sites excluding steroid dienone is 1. The standard InChI is InChI=1S/C29H26ClF3N6O4/c30-22-4-2-1-3-21(22)25(26(40)37-19-5-8-29(32,33)9-6-19)38(20-12-18(31)14-35-15-20)27(41)23-16-43-28(42)39(23)24-11-17(13-34)7-10-36-24/h1-4,7,10,12,14-15,17,19,23,25H,5-6,8-9,11,16H2,(H,37,40)/t17?,23-,25-/m0/s1. The molecular formula is C29H26ClF3N6O4. The lowest BCUT2D eigenvalue weighted by atomic mass is 9.91. The SMILES string of the molecule is N#CC1C=CN=C(N2C(=O)OC[C@H]2C(=O)N(c2cncc(F)c2)[C@H](C(=O)NC2CCC(F)(F)CC2)c2ccccc2Cl)C1. The maximum atomic E-state index is 14.5. The van der Waals surface area contributed by atoms with Crippen LogP contribution < -0.4 is 10.2 Å². The van der Waals surface area contributed by atoms with Gasteiger partial charge in [-0.1, -0.05) is 29.8 Å². The van der Waals surface area contributed by atoms with Gasteiger partial charge in [0.1, 0.15) is 24.3 Å². The van der Waals surface area contributed by atoms with Crippen molar-refractivity contribution in [2.75, 3.05) is 11.5 Å². The molecule has 3 atom stereocenters. The minimum Gasteiger partial charge on any atom is -0.446 e. The van der Waals surface area contributed by atoms with Gasteiger partial charge in [-0.3, -0.25) is 19.5 Å². The summed E-state index contributed by atoms with van der Waals surface area (Å²) in [6, 6.07) is 5.80. The number of hydrogen-bond donors (Lipinski definition) is 1. The lowest BCUT2D eigenvalue weighted by Gasteiger charge is -2.36. The molecule has 0 radical (unpaired) electrons. The van der Waals surface area contributed by atoms with Crippen LogP contribution in [0, 0.1) is 23.1 Å². The molecule has 1 aromatic carbocycles. The molecule has 224 valence electrons. The number of rotatable bonds is 6.